The van der Waals surface area contributed by atoms with Crippen LogP contribution in [0.25, 0.3) is 0 Å². The van der Waals surface area contributed by atoms with E-state index in [2.05, 4.69) is 6.58 Å². The molecule has 0 fully saturated rings. The summed E-state index contributed by atoms with van der Waals surface area (Å²) in [7, 11) is 0. The molecule has 0 aliphatic carbocycles. The van der Waals surface area contributed by atoms with Gasteiger partial charge in [-0.3, -0.25) is 4.79 Å². The second kappa shape index (κ2) is 2.11. The highest BCUT2D eigenvalue weighted by atomic mass is 16.4. The second-order valence-electron chi connectivity index (χ2n) is 1.08. The summed E-state index contributed by atoms with van der Waals surface area (Å²) >= 11 is 0. The molecule has 44 valence electrons. The van der Waals surface area contributed by atoms with Crippen LogP contribution in [0, 0.1) is 0 Å². The number of aliphatic carboxylic acids is 1. The fourth-order valence-electron chi connectivity index (χ4n) is 0.123. The summed E-state index contributed by atoms with van der Waals surface area (Å²) < 4.78 is 0. The summed E-state index contributed by atoms with van der Waals surface area (Å²) in [6.07, 6.45) is 0. The van der Waals surface area contributed by atoms with E-state index in [-0.39, 0.29) is 0 Å². The van der Waals surface area contributed by atoms with Gasteiger partial charge < -0.3 is 10.2 Å². The molecule has 4 nitrogen and oxygen atoms in total. The van der Waals surface area contributed by atoms with E-state index in [0.29, 0.717) is 0 Å². The van der Waals surface area contributed by atoms with Crippen molar-refractivity contribution in [3.8, 4) is 0 Å². The summed E-state index contributed by atoms with van der Waals surface area (Å²) in [6.45, 7) is 2.70. The maximum atomic E-state index is 9.89. The van der Waals surface area contributed by atoms with Gasteiger partial charge in [-0.2, -0.15) is 0 Å². The Bertz CT molecular complexity index is 130. The number of aliphatic hydroxyl groups is 1. The van der Waals surface area contributed by atoms with Crippen LogP contribution in [-0.2, 0) is 9.59 Å². The summed E-state index contributed by atoms with van der Waals surface area (Å²) in [5.41, 5.74) is 0. The lowest BCUT2D eigenvalue weighted by atomic mass is 10.4. The molecule has 0 heterocycles. The van der Waals surface area contributed by atoms with E-state index in [1.807, 2.05) is 0 Å². The average Bonchev–Trinajstić information content (AvgIpc) is 1.64. The number of Topliss-reactive ketones (excluding diaryl/α,β-unsaturated/α-hetero) is 1. The third-order valence-electron chi connectivity index (χ3n) is 0.456. The number of carbonyl (C=O) groups excluding carboxylic acids is 1. The Morgan fingerprint density at radius 3 is 1.62 bits per heavy atom. The average molecular weight is 116 g/mol. The molecule has 8 heavy (non-hydrogen) atoms. The lowest BCUT2D eigenvalue weighted by molar-refractivity contribution is -0.148. The fourth-order valence-corrected chi connectivity index (χ4v) is 0.123. The van der Waals surface area contributed by atoms with Crippen molar-refractivity contribution in [3.63, 3.8) is 0 Å². The summed E-state index contributed by atoms with van der Waals surface area (Å²) in [5, 5.41) is 15.8. The Morgan fingerprint density at radius 2 is 1.62 bits per heavy atom. The predicted molar refractivity (Wildman–Crippen MR) is 24.4 cm³/mol. The molecule has 0 aromatic rings. The van der Waals surface area contributed by atoms with Crippen LogP contribution >= 0.6 is 0 Å². The van der Waals surface area contributed by atoms with Crippen molar-refractivity contribution < 1.29 is 19.8 Å². The molecule has 0 aliphatic heterocycles. The first-order valence-electron chi connectivity index (χ1n) is 1.71. The first-order chi connectivity index (χ1) is 3.55. The zero-order valence-corrected chi connectivity index (χ0v) is 3.92. The van der Waals surface area contributed by atoms with Gasteiger partial charge in [0.25, 0.3) is 0 Å². The minimum absolute atomic E-state index is 0.947. The number of ketones is 1. The minimum atomic E-state index is -1.70. The van der Waals surface area contributed by atoms with Gasteiger partial charge >= 0.3 is 11.8 Å². The largest absolute Gasteiger partial charge is 0.504 e. The van der Waals surface area contributed by atoms with Gasteiger partial charge in [0.1, 0.15) is 0 Å². The van der Waals surface area contributed by atoms with Crippen LogP contribution < -0.4 is 0 Å². The molecule has 0 rings (SSSR count). The van der Waals surface area contributed by atoms with Crippen molar-refractivity contribution in [2.24, 2.45) is 0 Å². The molecule has 0 atom stereocenters. The maximum absolute atomic E-state index is 9.89. The Labute approximate surface area is 45.1 Å². The monoisotopic (exact) mass is 116 g/mol. The third-order valence-corrected chi connectivity index (χ3v) is 0.456. The van der Waals surface area contributed by atoms with E-state index in [9.17, 15) is 9.59 Å². The predicted octanol–water partition coefficient (Wildman–Crippen LogP) is -0.288. The molecule has 0 aliphatic rings. The Hall–Kier alpha value is -1.32. The smallest absolute Gasteiger partial charge is 0.380 e. The van der Waals surface area contributed by atoms with Crippen LogP contribution in [0.4, 0.5) is 0 Å². The molecule has 0 saturated carbocycles. The number of carboxylic acids is 1. The van der Waals surface area contributed by atoms with Gasteiger partial charge in [0.15, 0.2) is 5.76 Å². The molecular weight excluding hydrogens is 112 g/mol. The van der Waals surface area contributed by atoms with Gasteiger partial charge in [0.2, 0.25) is 0 Å². The van der Waals surface area contributed by atoms with Gasteiger partial charge in [-0.15, -0.1) is 0 Å². The van der Waals surface area contributed by atoms with E-state index in [1.165, 1.54) is 0 Å². The molecule has 0 amide bonds. The zero-order chi connectivity index (χ0) is 6.73. The van der Waals surface area contributed by atoms with Crippen molar-refractivity contribution in [2.45, 2.75) is 0 Å². The zero-order valence-electron chi connectivity index (χ0n) is 3.92. The van der Waals surface area contributed by atoms with E-state index in [4.69, 9.17) is 10.2 Å². The topological polar surface area (TPSA) is 74.6 Å². The summed E-state index contributed by atoms with van der Waals surface area (Å²) in [4.78, 5) is 19.5. The van der Waals surface area contributed by atoms with E-state index in [1.54, 1.807) is 0 Å². The van der Waals surface area contributed by atoms with Crippen molar-refractivity contribution in [3.05, 3.63) is 12.3 Å². The highest BCUT2D eigenvalue weighted by Gasteiger charge is 2.13. The van der Waals surface area contributed by atoms with Crippen molar-refractivity contribution in [1.29, 1.82) is 0 Å². The van der Waals surface area contributed by atoms with Crippen LogP contribution in [0.3, 0.4) is 0 Å². The van der Waals surface area contributed by atoms with Crippen LogP contribution in [-0.4, -0.2) is 22.0 Å². The SMILES string of the molecule is C=C(O)C(=O)C(=O)O. The molecule has 0 bridgehead atoms. The van der Waals surface area contributed by atoms with E-state index < -0.39 is 17.5 Å². The number of carboxylic acid groups (broad SMARTS) is 1. The Morgan fingerprint density at radius 1 is 1.25 bits per heavy atom. The van der Waals surface area contributed by atoms with Gasteiger partial charge in [-0.1, -0.05) is 6.58 Å². The van der Waals surface area contributed by atoms with Crippen LogP contribution in [0.5, 0.6) is 0 Å². The fraction of sp³-hybridized carbons (Fsp3) is 0. The maximum Gasteiger partial charge on any atom is 0.380 e. The van der Waals surface area contributed by atoms with E-state index >= 15 is 0 Å². The molecule has 2 N–H and O–H groups in total. The first kappa shape index (κ1) is 6.68. The van der Waals surface area contributed by atoms with Gasteiger partial charge in [0, 0.05) is 0 Å². The molecule has 0 aromatic heterocycles. The Balaban J connectivity index is 4.05. The number of hydrogen-bond donors (Lipinski definition) is 2. The Kier molecular flexibility index (Phi) is 1.76. The number of aliphatic hydroxyl groups excluding tert-OH is 1. The van der Waals surface area contributed by atoms with Crippen LogP contribution in [0.15, 0.2) is 12.3 Å². The number of rotatable bonds is 2. The van der Waals surface area contributed by atoms with Gasteiger partial charge in [0.05, 0.1) is 0 Å². The highest BCUT2D eigenvalue weighted by Crippen LogP contribution is 1.83. The molecule has 0 aromatic carbocycles. The normalized spacial score (nSPS) is 8.00. The number of hydrogen-bond acceptors (Lipinski definition) is 3. The molecule has 0 saturated heterocycles. The van der Waals surface area contributed by atoms with E-state index in [0.717, 1.165) is 0 Å². The highest BCUT2D eigenvalue weighted by molar-refractivity contribution is 6.38. The van der Waals surface area contributed by atoms with Crippen molar-refractivity contribution >= 4 is 11.8 Å². The molecular formula is C4H4O4. The molecule has 4 heteroatoms. The lowest BCUT2D eigenvalue weighted by Crippen LogP contribution is -2.13. The standard InChI is InChI=1S/C4H4O4/c1-2(5)3(6)4(7)8/h5H,1H2,(H,7,8). The second-order valence-corrected chi connectivity index (χ2v) is 1.08. The minimum Gasteiger partial charge on any atom is -0.504 e. The lowest BCUT2D eigenvalue weighted by Gasteiger charge is -1.85. The molecule has 0 unspecified atom stereocenters. The van der Waals surface area contributed by atoms with Crippen LogP contribution in [0.1, 0.15) is 0 Å². The quantitative estimate of drug-likeness (QED) is 0.295. The number of carbonyl (C=O) groups is 2. The first-order valence-corrected chi connectivity index (χ1v) is 1.71. The van der Waals surface area contributed by atoms with Crippen molar-refractivity contribution in [2.75, 3.05) is 0 Å². The van der Waals surface area contributed by atoms with Crippen molar-refractivity contribution in [1.82, 2.24) is 0 Å². The summed E-state index contributed by atoms with van der Waals surface area (Å²) in [6, 6.07) is 0. The molecule has 0 spiro atoms. The summed E-state index contributed by atoms with van der Waals surface area (Å²) in [5.74, 6) is -4.01. The molecule has 0 radical (unpaired) electrons. The van der Waals surface area contributed by atoms with Crippen LogP contribution in [0.2, 0.25) is 0 Å². The third kappa shape index (κ3) is 1.42. The van der Waals surface area contributed by atoms with Gasteiger partial charge in [-0.25, -0.2) is 4.79 Å². The van der Waals surface area contributed by atoms with Gasteiger partial charge in [-0.05, 0) is 0 Å².